The van der Waals surface area contributed by atoms with E-state index >= 15 is 0 Å². The number of rotatable bonds is 5. The molecule has 0 aliphatic carbocycles. The fourth-order valence-corrected chi connectivity index (χ4v) is 3.18. The van der Waals surface area contributed by atoms with Crippen molar-refractivity contribution < 1.29 is 4.74 Å². The molecule has 0 spiro atoms. The first kappa shape index (κ1) is 17.3. The van der Waals surface area contributed by atoms with Crippen molar-refractivity contribution in [1.29, 1.82) is 0 Å². The van der Waals surface area contributed by atoms with E-state index in [1.807, 2.05) is 54.6 Å². The molecule has 138 valence electrons. The number of hydrogen-bond acceptors (Lipinski definition) is 6. The van der Waals surface area contributed by atoms with Crippen LogP contribution in [0.5, 0.6) is 5.75 Å². The third-order valence-electron chi connectivity index (χ3n) is 4.64. The second kappa shape index (κ2) is 8.03. The first-order chi connectivity index (χ1) is 13.3. The van der Waals surface area contributed by atoms with Gasteiger partial charge in [-0.3, -0.25) is 0 Å². The van der Waals surface area contributed by atoms with E-state index in [1.54, 1.807) is 7.11 Å². The number of aromatic nitrogens is 3. The van der Waals surface area contributed by atoms with Crippen LogP contribution in [0.3, 0.4) is 0 Å². The van der Waals surface area contributed by atoms with Gasteiger partial charge in [-0.15, -0.1) is 0 Å². The highest BCUT2D eigenvalue weighted by molar-refractivity contribution is 5.62. The lowest BCUT2D eigenvalue weighted by Gasteiger charge is -2.27. The second-order valence-electron chi connectivity index (χ2n) is 6.55. The Balaban J connectivity index is 1.70. The molecule has 0 unspecified atom stereocenters. The number of benzene rings is 2. The van der Waals surface area contributed by atoms with Crippen molar-refractivity contribution in [3.05, 3.63) is 54.6 Å². The summed E-state index contributed by atoms with van der Waals surface area (Å²) in [6.45, 7) is 1.97. The molecule has 2 aromatic carbocycles. The number of nitrogens with zero attached hydrogens (tertiary/aromatic N) is 4. The molecule has 4 rings (SSSR count). The average molecular weight is 361 g/mol. The van der Waals surface area contributed by atoms with Crippen LogP contribution >= 0.6 is 0 Å². The van der Waals surface area contributed by atoms with Gasteiger partial charge in [0, 0.05) is 24.3 Å². The van der Waals surface area contributed by atoms with Crippen LogP contribution in [0.25, 0.3) is 11.4 Å². The minimum Gasteiger partial charge on any atom is -0.497 e. The molecule has 0 radical (unpaired) electrons. The van der Waals surface area contributed by atoms with Crippen molar-refractivity contribution in [2.45, 2.75) is 19.3 Å². The topological polar surface area (TPSA) is 63.2 Å². The van der Waals surface area contributed by atoms with Gasteiger partial charge in [-0.2, -0.15) is 15.0 Å². The highest BCUT2D eigenvalue weighted by Gasteiger charge is 2.17. The van der Waals surface area contributed by atoms with Crippen molar-refractivity contribution in [2.75, 3.05) is 30.4 Å². The van der Waals surface area contributed by atoms with Gasteiger partial charge in [0.2, 0.25) is 11.9 Å². The Kier molecular flexibility index (Phi) is 5.14. The zero-order chi connectivity index (χ0) is 18.5. The van der Waals surface area contributed by atoms with Crippen molar-refractivity contribution in [3.8, 4) is 17.1 Å². The molecule has 0 bridgehead atoms. The van der Waals surface area contributed by atoms with Crippen LogP contribution in [-0.4, -0.2) is 35.2 Å². The maximum absolute atomic E-state index is 5.25. The van der Waals surface area contributed by atoms with E-state index < -0.39 is 0 Å². The van der Waals surface area contributed by atoms with E-state index in [4.69, 9.17) is 9.72 Å². The monoisotopic (exact) mass is 361 g/mol. The van der Waals surface area contributed by atoms with Crippen LogP contribution in [0.2, 0.25) is 0 Å². The summed E-state index contributed by atoms with van der Waals surface area (Å²) < 4.78 is 5.25. The molecule has 0 atom stereocenters. The highest BCUT2D eigenvalue weighted by Crippen LogP contribution is 2.25. The lowest BCUT2D eigenvalue weighted by atomic mass is 10.1. The number of para-hydroxylation sites is 1. The van der Waals surface area contributed by atoms with Crippen molar-refractivity contribution in [1.82, 2.24) is 15.0 Å². The standard InChI is InChI=1S/C21H23N5O/c1-27-18-12-10-16(11-13-18)19-23-20(22-17-8-4-2-5-9-17)25-21(24-19)26-14-6-3-7-15-26/h2,4-5,8-13H,3,6-7,14-15H2,1H3,(H,22,23,24,25). The first-order valence-electron chi connectivity index (χ1n) is 9.29. The lowest BCUT2D eigenvalue weighted by molar-refractivity contribution is 0.415. The average Bonchev–Trinajstić information content (AvgIpc) is 2.75. The molecule has 1 N–H and O–H groups in total. The number of nitrogens with one attached hydrogen (secondary N) is 1. The molecule has 0 amide bonds. The van der Waals surface area contributed by atoms with Gasteiger partial charge in [-0.1, -0.05) is 18.2 Å². The molecule has 6 heteroatoms. The van der Waals surface area contributed by atoms with E-state index in [0.717, 1.165) is 36.0 Å². The predicted octanol–water partition coefficient (Wildman–Crippen LogP) is 4.28. The molecule has 6 nitrogen and oxygen atoms in total. The van der Waals surface area contributed by atoms with Gasteiger partial charge in [0.25, 0.3) is 0 Å². The summed E-state index contributed by atoms with van der Waals surface area (Å²) in [5.41, 5.74) is 1.89. The molecule has 1 aliphatic rings. The molecular formula is C21H23N5O. The van der Waals surface area contributed by atoms with Crippen LogP contribution in [0.1, 0.15) is 19.3 Å². The Hall–Kier alpha value is -3.15. The molecule has 3 aromatic rings. The van der Waals surface area contributed by atoms with Crippen LogP contribution in [0.15, 0.2) is 54.6 Å². The summed E-state index contributed by atoms with van der Waals surface area (Å²) in [6, 6.07) is 17.7. The summed E-state index contributed by atoms with van der Waals surface area (Å²) in [7, 11) is 1.66. The Labute approximate surface area is 159 Å². The summed E-state index contributed by atoms with van der Waals surface area (Å²) in [6.07, 6.45) is 3.61. The minimum atomic E-state index is 0.558. The van der Waals surface area contributed by atoms with Gasteiger partial charge in [0.15, 0.2) is 5.82 Å². The van der Waals surface area contributed by atoms with E-state index in [0.29, 0.717) is 11.8 Å². The third-order valence-corrected chi connectivity index (χ3v) is 4.64. The zero-order valence-corrected chi connectivity index (χ0v) is 15.4. The van der Waals surface area contributed by atoms with Gasteiger partial charge in [0.1, 0.15) is 5.75 Å². The number of ether oxygens (including phenoxy) is 1. The normalized spacial score (nSPS) is 14.0. The highest BCUT2D eigenvalue weighted by atomic mass is 16.5. The fourth-order valence-electron chi connectivity index (χ4n) is 3.18. The number of methoxy groups -OCH3 is 1. The summed E-state index contributed by atoms with van der Waals surface area (Å²) >= 11 is 0. The summed E-state index contributed by atoms with van der Waals surface area (Å²) in [5, 5.41) is 3.30. The smallest absolute Gasteiger partial charge is 0.232 e. The number of anilines is 3. The summed E-state index contributed by atoms with van der Waals surface area (Å²) in [4.78, 5) is 16.3. The Bertz CT molecular complexity index is 877. The molecule has 0 saturated carbocycles. The van der Waals surface area contributed by atoms with Gasteiger partial charge >= 0.3 is 0 Å². The maximum Gasteiger partial charge on any atom is 0.232 e. The van der Waals surface area contributed by atoms with Crippen LogP contribution in [0, 0.1) is 0 Å². The van der Waals surface area contributed by atoms with Gasteiger partial charge in [-0.05, 0) is 55.7 Å². The summed E-state index contributed by atoms with van der Waals surface area (Å²) in [5.74, 6) is 2.76. The van der Waals surface area contributed by atoms with Crippen molar-refractivity contribution >= 4 is 17.6 Å². The Morgan fingerprint density at radius 1 is 0.852 bits per heavy atom. The molecule has 2 heterocycles. The van der Waals surface area contributed by atoms with Crippen LogP contribution in [-0.2, 0) is 0 Å². The Morgan fingerprint density at radius 2 is 1.59 bits per heavy atom. The van der Waals surface area contributed by atoms with Gasteiger partial charge in [-0.25, -0.2) is 0 Å². The van der Waals surface area contributed by atoms with E-state index in [1.165, 1.54) is 19.3 Å². The molecule has 27 heavy (non-hydrogen) atoms. The molecule has 1 aliphatic heterocycles. The van der Waals surface area contributed by atoms with E-state index in [2.05, 4.69) is 20.2 Å². The van der Waals surface area contributed by atoms with Crippen LogP contribution in [0.4, 0.5) is 17.6 Å². The number of piperidine rings is 1. The number of hydrogen-bond donors (Lipinski definition) is 1. The third kappa shape index (κ3) is 4.16. The van der Waals surface area contributed by atoms with Gasteiger partial charge in [0.05, 0.1) is 7.11 Å². The quantitative estimate of drug-likeness (QED) is 0.732. The Morgan fingerprint density at radius 3 is 2.30 bits per heavy atom. The first-order valence-corrected chi connectivity index (χ1v) is 9.29. The van der Waals surface area contributed by atoms with Gasteiger partial charge < -0.3 is 15.0 Å². The largest absolute Gasteiger partial charge is 0.497 e. The van der Waals surface area contributed by atoms with E-state index in [9.17, 15) is 0 Å². The minimum absolute atomic E-state index is 0.558. The molecule has 1 fully saturated rings. The molecule has 1 aromatic heterocycles. The maximum atomic E-state index is 5.25. The van der Waals surface area contributed by atoms with Crippen molar-refractivity contribution in [2.24, 2.45) is 0 Å². The lowest BCUT2D eigenvalue weighted by Crippen LogP contribution is -2.31. The molecule has 1 saturated heterocycles. The zero-order valence-electron chi connectivity index (χ0n) is 15.4. The molecular weight excluding hydrogens is 338 g/mol. The van der Waals surface area contributed by atoms with E-state index in [-0.39, 0.29) is 0 Å². The van der Waals surface area contributed by atoms with Crippen LogP contribution < -0.4 is 15.0 Å². The SMILES string of the molecule is COc1ccc(-c2nc(Nc3ccccc3)nc(N3CCCCC3)n2)cc1. The van der Waals surface area contributed by atoms with Crippen molar-refractivity contribution in [3.63, 3.8) is 0 Å². The predicted molar refractivity (Wildman–Crippen MR) is 108 cm³/mol. The second-order valence-corrected chi connectivity index (χ2v) is 6.55. The fraction of sp³-hybridized carbons (Fsp3) is 0.286.